The maximum absolute atomic E-state index is 12.5. The van der Waals surface area contributed by atoms with Gasteiger partial charge in [0.05, 0.1) is 16.4 Å². The predicted molar refractivity (Wildman–Crippen MR) is 113 cm³/mol. The fraction of sp³-hybridized carbons (Fsp3) is 0.111. The number of nitrogens with one attached hydrogen (secondary N) is 1. The fourth-order valence-electron chi connectivity index (χ4n) is 2.11. The quantitative estimate of drug-likeness (QED) is 0.329. The summed E-state index contributed by atoms with van der Waals surface area (Å²) in [6.45, 7) is 1.89. The zero-order valence-corrected chi connectivity index (χ0v) is 17.7. The molecule has 2 rings (SSSR count). The Kier molecular flexibility index (Phi) is 6.66. The van der Waals surface area contributed by atoms with Gasteiger partial charge in [-0.1, -0.05) is 6.07 Å². The van der Waals surface area contributed by atoms with Crippen LogP contribution in [0.2, 0.25) is 0 Å². The summed E-state index contributed by atoms with van der Waals surface area (Å²) in [5.74, 6) is -0.0303. The number of nitrogens with zero attached hydrogens (tertiary/aromatic N) is 1. The molecule has 0 bridgehead atoms. The maximum Gasteiger partial charge on any atom is 0.266 e. The summed E-state index contributed by atoms with van der Waals surface area (Å²) in [6.07, 6.45) is 1.37. The standard InChI is InChI=1S/C18H14I2N2O3/c1-10-3-4-16(25-2)15(5-10)22-18(24)12(9-21)6-11-7-13(19)8-14(20)17(11)23/h3-8,23H,1-2H3,(H,22,24)/b12-6+. The second-order valence-electron chi connectivity index (χ2n) is 5.15. The summed E-state index contributed by atoms with van der Waals surface area (Å²) < 4.78 is 6.76. The molecule has 0 aliphatic carbocycles. The Morgan fingerprint density at radius 3 is 2.68 bits per heavy atom. The van der Waals surface area contributed by atoms with Crippen LogP contribution in [0.4, 0.5) is 5.69 Å². The average Bonchev–Trinajstić information content (AvgIpc) is 2.56. The van der Waals surface area contributed by atoms with Crippen molar-refractivity contribution in [2.45, 2.75) is 6.92 Å². The minimum atomic E-state index is -0.570. The molecule has 0 fully saturated rings. The molecule has 0 aliphatic heterocycles. The lowest BCUT2D eigenvalue weighted by Crippen LogP contribution is -2.14. The Labute approximate surface area is 173 Å². The van der Waals surface area contributed by atoms with E-state index in [9.17, 15) is 15.2 Å². The lowest BCUT2D eigenvalue weighted by molar-refractivity contribution is -0.112. The van der Waals surface area contributed by atoms with Crippen molar-refractivity contribution < 1.29 is 14.6 Å². The van der Waals surface area contributed by atoms with E-state index < -0.39 is 5.91 Å². The number of halogens is 2. The second kappa shape index (κ2) is 8.53. The van der Waals surface area contributed by atoms with Crippen molar-refractivity contribution in [1.82, 2.24) is 0 Å². The Morgan fingerprint density at radius 2 is 2.04 bits per heavy atom. The van der Waals surface area contributed by atoms with Gasteiger partial charge in [0.25, 0.3) is 5.91 Å². The molecule has 2 aromatic rings. The van der Waals surface area contributed by atoms with Crippen LogP contribution in [0.5, 0.6) is 11.5 Å². The molecule has 128 valence electrons. The lowest BCUT2D eigenvalue weighted by atomic mass is 10.1. The molecule has 25 heavy (non-hydrogen) atoms. The third-order valence-corrected chi connectivity index (χ3v) is 4.77. The molecule has 0 heterocycles. The van der Waals surface area contributed by atoms with Gasteiger partial charge < -0.3 is 15.2 Å². The summed E-state index contributed by atoms with van der Waals surface area (Å²) in [5.41, 5.74) is 1.73. The molecule has 0 spiro atoms. The molecule has 0 aromatic heterocycles. The molecule has 0 unspecified atom stereocenters. The number of methoxy groups -OCH3 is 1. The molecule has 0 saturated heterocycles. The normalized spacial score (nSPS) is 10.9. The Bertz CT molecular complexity index is 902. The number of aryl methyl sites for hydroxylation is 1. The number of hydrogen-bond acceptors (Lipinski definition) is 4. The van der Waals surface area contributed by atoms with E-state index in [1.54, 1.807) is 24.3 Å². The molecule has 7 heteroatoms. The smallest absolute Gasteiger partial charge is 0.266 e. The van der Waals surface area contributed by atoms with E-state index in [0.29, 0.717) is 20.6 Å². The second-order valence-corrected chi connectivity index (χ2v) is 7.56. The number of anilines is 1. The Balaban J connectivity index is 2.37. The first-order valence-electron chi connectivity index (χ1n) is 7.11. The Morgan fingerprint density at radius 1 is 1.32 bits per heavy atom. The van der Waals surface area contributed by atoms with Crippen molar-refractivity contribution >= 4 is 62.9 Å². The van der Waals surface area contributed by atoms with E-state index in [2.05, 4.69) is 27.9 Å². The van der Waals surface area contributed by atoms with Gasteiger partial charge in [0.15, 0.2) is 0 Å². The fourth-order valence-corrected chi connectivity index (χ4v) is 4.00. The molecule has 0 saturated carbocycles. The van der Waals surface area contributed by atoms with Crippen LogP contribution in [0.1, 0.15) is 11.1 Å². The van der Waals surface area contributed by atoms with Gasteiger partial charge in [-0.15, -0.1) is 0 Å². The average molecular weight is 560 g/mol. The number of ether oxygens (including phenoxy) is 1. The van der Waals surface area contributed by atoms with Crippen LogP contribution < -0.4 is 10.1 Å². The van der Waals surface area contributed by atoms with Crippen LogP contribution in [0.15, 0.2) is 35.9 Å². The van der Waals surface area contributed by atoms with Gasteiger partial charge in [0.2, 0.25) is 0 Å². The van der Waals surface area contributed by atoms with E-state index in [1.165, 1.54) is 13.2 Å². The third kappa shape index (κ3) is 4.85. The first-order chi connectivity index (χ1) is 11.8. The monoisotopic (exact) mass is 560 g/mol. The highest BCUT2D eigenvalue weighted by atomic mass is 127. The van der Waals surface area contributed by atoms with Crippen molar-refractivity contribution in [2.75, 3.05) is 12.4 Å². The van der Waals surface area contributed by atoms with Gasteiger partial charge in [0, 0.05) is 9.13 Å². The van der Waals surface area contributed by atoms with Gasteiger partial charge in [-0.2, -0.15) is 5.26 Å². The molecule has 5 nitrogen and oxygen atoms in total. The number of amides is 1. The van der Waals surface area contributed by atoms with Crippen LogP contribution in [-0.2, 0) is 4.79 Å². The number of aromatic hydroxyl groups is 1. The zero-order valence-electron chi connectivity index (χ0n) is 13.4. The van der Waals surface area contributed by atoms with Crippen LogP contribution in [-0.4, -0.2) is 18.1 Å². The van der Waals surface area contributed by atoms with Crippen LogP contribution in [0, 0.1) is 25.4 Å². The van der Waals surface area contributed by atoms with Crippen molar-refractivity contribution in [3.63, 3.8) is 0 Å². The zero-order chi connectivity index (χ0) is 18.6. The van der Waals surface area contributed by atoms with E-state index >= 15 is 0 Å². The van der Waals surface area contributed by atoms with Crippen molar-refractivity contribution in [3.8, 4) is 17.6 Å². The number of phenolic OH excluding ortho intramolecular Hbond substituents is 1. The third-order valence-electron chi connectivity index (χ3n) is 3.33. The minimum Gasteiger partial charge on any atom is -0.506 e. The van der Waals surface area contributed by atoms with E-state index in [4.69, 9.17) is 4.74 Å². The van der Waals surface area contributed by atoms with Gasteiger partial charge in [-0.3, -0.25) is 4.79 Å². The van der Waals surface area contributed by atoms with E-state index in [0.717, 1.165) is 9.13 Å². The van der Waals surface area contributed by atoms with Gasteiger partial charge in [-0.25, -0.2) is 0 Å². The summed E-state index contributed by atoms with van der Waals surface area (Å²) in [7, 11) is 1.51. The molecule has 2 aromatic carbocycles. The van der Waals surface area contributed by atoms with Crippen LogP contribution in [0.25, 0.3) is 6.08 Å². The molecular formula is C18H14I2N2O3. The number of benzene rings is 2. The summed E-state index contributed by atoms with van der Waals surface area (Å²) in [4.78, 5) is 12.5. The van der Waals surface area contributed by atoms with Crippen LogP contribution in [0.3, 0.4) is 0 Å². The number of hydrogen-bond donors (Lipinski definition) is 2. The SMILES string of the molecule is COc1ccc(C)cc1NC(=O)/C(C#N)=C/c1cc(I)cc(I)c1O. The first kappa shape index (κ1) is 19.5. The highest BCUT2D eigenvalue weighted by Crippen LogP contribution is 2.29. The van der Waals surface area contributed by atoms with Gasteiger partial charge in [-0.05, 0) is 88.0 Å². The van der Waals surface area contributed by atoms with E-state index in [-0.39, 0.29) is 11.3 Å². The molecule has 0 radical (unpaired) electrons. The summed E-state index contributed by atoms with van der Waals surface area (Å²) >= 11 is 4.11. The number of carbonyl (C=O) groups excluding carboxylic acids is 1. The summed E-state index contributed by atoms with van der Waals surface area (Å²) in [6, 6.07) is 10.8. The summed E-state index contributed by atoms with van der Waals surface area (Å²) in [5, 5.41) is 22.2. The predicted octanol–water partition coefficient (Wildman–Crippen LogP) is 4.46. The lowest BCUT2D eigenvalue weighted by Gasteiger charge is -2.11. The van der Waals surface area contributed by atoms with Crippen LogP contribution >= 0.6 is 45.2 Å². The molecule has 0 aliphatic rings. The van der Waals surface area contributed by atoms with E-state index in [1.807, 2.05) is 41.7 Å². The molecule has 1 amide bonds. The van der Waals surface area contributed by atoms with Gasteiger partial charge >= 0.3 is 0 Å². The largest absolute Gasteiger partial charge is 0.506 e. The van der Waals surface area contributed by atoms with Crippen molar-refractivity contribution in [1.29, 1.82) is 5.26 Å². The van der Waals surface area contributed by atoms with Crippen molar-refractivity contribution in [3.05, 3.63) is 54.2 Å². The first-order valence-corrected chi connectivity index (χ1v) is 9.27. The number of nitriles is 1. The number of phenols is 1. The molecule has 0 atom stereocenters. The topological polar surface area (TPSA) is 82.3 Å². The number of rotatable bonds is 4. The number of carbonyl (C=O) groups is 1. The van der Waals surface area contributed by atoms with Gasteiger partial charge in [0.1, 0.15) is 23.1 Å². The molecule has 2 N–H and O–H groups in total. The molecular weight excluding hydrogens is 546 g/mol. The highest BCUT2D eigenvalue weighted by Gasteiger charge is 2.14. The minimum absolute atomic E-state index is 0.0368. The maximum atomic E-state index is 12.5. The van der Waals surface area contributed by atoms with Crippen molar-refractivity contribution in [2.24, 2.45) is 0 Å². The highest BCUT2D eigenvalue weighted by molar-refractivity contribution is 14.1. The Hall–Kier alpha value is -1.80.